The summed E-state index contributed by atoms with van der Waals surface area (Å²) in [5, 5.41) is 4.56. The monoisotopic (exact) mass is 311 g/mol. The van der Waals surface area contributed by atoms with Gasteiger partial charge in [0.1, 0.15) is 5.78 Å². The first-order chi connectivity index (χ1) is 9.98. The van der Waals surface area contributed by atoms with E-state index < -0.39 is 0 Å². The Hall–Kier alpha value is -0.440. The molecule has 0 aromatic carbocycles. The summed E-state index contributed by atoms with van der Waals surface area (Å²) >= 11 is 1.65. The number of ketones is 1. The second-order valence-electron chi connectivity index (χ2n) is 6.60. The first kappa shape index (κ1) is 18.6. The average Bonchev–Trinajstić information content (AvgIpc) is 2.67. The molecule has 1 rings (SSSR count). The third kappa shape index (κ3) is 6.90. The van der Waals surface area contributed by atoms with Crippen molar-refractivity contribution in [2.45, 2.75) is 95.8 Å². The van der Waals surface area contributed by atoms with E-state index in [1.54, 1.807) is 18.7 Å². The normalized spacial score (nSPS) is 19.6. The standard InChI is InChI=1S/C18H33NOS/c1-5-6-11-14-18(4,15(2)20)21-16(3)19-17-12-9-7-8-10-13-17/h17,19H,3,5-14H2,1-2,4H3. The van der Waals surface area contributed by atoms with Crippen molar-refractivity contribution in [2.24, 2.45) is 0 Å². The smallest absolute Gasteiger partial charge is 0.145 e. The largest absolute Gasteiger partial charge is 0.378 e. The lowest BCUT2D eigenvalue weighted by molar-refractivity contribution is -0.119. The number of rotatable bonds is 9. The third-order valence-corrected chi connectivity index (χ3v) is 5.88. The fourth-order valence-electron chi connectivity index (χ4n) is 2.96. The van der Waals surface area contributed by atoms with Gasteiger partial charge in [0.2, 0.25) is 0 Å². The van der Waals surface area contributed by atoms with Gasteiger partial charge in [-0.1, -0.05) is 70.2 Å². The average molecular weight is 312 g/mol. The summed E-state index contributed by atoms with van der Waals surface area (Å²) in [5.41, 5.74) is 0. The van der Waals surface area contributed by atoms with Gasteiger partial charge in [-0.25, -0.2) is 0 Å². The van der Waals surface area contributed by atoms with E-state index in [1.165, 1.54) is 51.4 Å². The third-order valence-electron chi connectivity index (χ3n) is 4.57. The first-order valence-corrected chi connectivity index (χ1v) is 9.45. The van der Waals surface area contributed by atoms with Crippen molar-refractivity contribution in [3.8, 4) is 0 Å². The van der Waals surface area contributed by atoms with Crippen molar-refractivity contribution in [3.05, 3.63) is 11.6 Å². The highest BCUT2D eigenvalue weighted by molar-refractivity contribution is 8.05. The van der Waals surface area contributed by atoms with Gasteiger partial charge < -0.3 is 5.32 Å². The molecule has 0 spiro atoms. The molecule has 0 aliphatic heterocycles. The molecule has 0 bridgehead atoms. The summed E-state index contributed by atoms with van der Waals surface area (Å²) in [7, 11) is 0. The minimum absolute atomic E-state index is 0.271. The summed E-state index contributed by atoms with van der Waals surface area (Å²) in [6.07, 6.45) is 12.3. The van der Waals surface area contributed by atoms with Gasteiger partial charge in [-0.2, -0.15) is 0 Å². The van der Waals surface area contributed by atoms with E-state index in [2.05, 4.69) is 25.7 Å². The molecule has 1 aliphatic carbocycles. The van der Waals surface area contributed by atoms with Gasteiger partial charge in [-0.15, -0.1) is 0 Å². The number of Topliss-reactive ketones (excluding diaryl/α,β-unsaturated/α-hetero) is 1. The van der Waals surface area contributed by atoms with Crippen molar-refractivity contribution in [2.75, 3.05) is 0 Å². The minimum atomic E-state index is -0.315. The molecule has 0 aromatic heterocycles. The maximum absolute atomic E-state index is 12.1. The molecular formula is C18H33NOS. The lowest BCUT2D eigenvalue weighted by atomic mass is 9.99. The number of thioether (sulfide) groups is 1. The first-order valence-electron chi connectivity index (χ1n) is 8.63. The fourth-order valence-corrected chi connectivity index (χ4v) is 4.12. The Labute approximate surface area is 135 Å². The molecule has 0 aromatic rings. The van der Waals surface area contributed by atoms with Crippen molar-refractivity contribution >= 4 is 17.5 Å². The zero-order chi connectivity index (χ0) is 15.7. The molecule has 1 aliphatic rings. The molecule has 2 nitrogen and oxygen atoms in total. The van der Waals surface area contributed by atoms with Crippen LogP contribution in [0, 0.1) is 0 Å². The van der Waals surface area contributed by atoms with Gasteiger partial charge in [-0.3, -0.25) is 4.79 Å². The van der Waals surface area contributed by atoms with Crippen LogP contribution in [0.4, 0.5) is 0 Å². The van der Waals surface area contributed by atoms with Crippen LogP contribution in [0.2, 0.25) is 0 Å². The maximum Gasteiger partial charge on any atom is 0.145 e. The van der Waals surface area contributed by atoms with E-state index in [1.807, 2.05) is 0 Å². The molecule has 0 saturated heterocycles. The van der Waals surface area contributed by atoms with Gasteiger partial charge in [0, 0.05) is 6.04 Å². The molecule has 1 N–H and O–H groups in total. The van der Waals surface area contributed by atoms with E-state index >= 15 is 0 Å². The topological polar surface area (TPSA) is 29.1 Å². The van der Waals surface area contributed by atoms with Crippen LogP contribution in [0.3, 0.4) is 0 Å². The van der Waals surface area contributed by atoms with Crippen molar-refractivity contribution in [1.29, 1.82) is 0 Å². The van der Waals surface area contributed by atoms with Gasteiger partial charge in [0.25, 0.3) is 0 Å². The van der Waals surface area contributed by atoms with Crippen LogP contribution in [0.1, 0.15) is 85.0 Å². The SMILES string of the molecule is C=C(NC1CCCCCC1)SC(C)(CCCCC)C(C)=O. The predicted octanol–water partition coefficient (Wildman–Crippen LogP) is 5.43. The number of hydrogen-bond donors (Lipinski definition) is 1. The van der Waals surface area contributed by atoms with Crippen molar-refractivity contribution < 1.29 is 4.79 Å². The fraction of sp³-hybridized carbons (Fsp3) is 0.833. The summed E-state index contributed by atoms with van der Waals surface area (Å²) < 4.78 is -0.315. The van der Waals surface area contributed by atoms with Gasteiger partial charge in [0.05, 0.1) is 9.78 Å². The molecule has 122 valence electrons. The van der Waals surface area contributed by atoms with E-state index in [9.17, 15) is 4.79 Å². The number of unbranched alkanes of at least 4 members (excludes halogenated alkanes) is 2. The van der Waals surface area contributed by atoms with Gasteiger partial charge in [0.15, 0.2) is 0 Å². The zero-order valence-electron chi connectivity index (χ0n) is 14.2. The quantitative estimate of drug-likeness (QED) is 0.454. The van der Waals surface area contributed by atoms with Crippen LogP contribution < -0.4 is 5.32 Å². The summed E-state index contributed by atoms with van der Waals surface area (Å²) in [6.45, 7) is 10.2. The Bertz CT molecular complexity index is 334. The number of nitrogens with one attached hydrogen (secondary N) is 1. The Morgan fingerprint density at radius 3 is 2.38 bits per heavy atom. The zero-order valence-corrected chi connectivity index (χ0v) is 15.0. The number of hydrogen-bond acceptors (Lipinski definition) is 3. The lowest BCUT2D eigenvalue weighted by Gasteiger charge is -2.29. The van der Waals surface area contributed by atoms with Gasteiger partial charge >= 0.3 is 0 Å². The minimum Gasteiger partial charge on any atom is -0.378 e. The Kier molecular flexibility index (Phi) is 8.46. The summed E-state index contributed by atoms with van der Waals surface area (Å²) in [6, 6.07) is 0.555. The van der Waals surface area contributed by atoms with Crippen LogP contribution >= 0.6 is 11.8 Å². The molecule has 0 heterocycles. The molecule has 0 radical (unpaired) electrons. The second-order valence-corrected chi connectivity index (χ2v) is 8.20. The highest BCUT2D eigenvalue weighted by Crippen LogP contribution is 2.36. The Morgan fingerprint density at radius 1 is 1.24 bits per heavy atom. The van der Waals surface area contributed by atoms with Crippen LogP contribution in [0.25, 0.3) is 0 Å². The van der Waals surface area contributed by atoms with E-state index in [4.69, 9.17) is 0 Å². The van der Waals surface area contributed by atoms with Crippen LogP contribution in [0.5, 0.6) is 0 Å². The molecule has 3 heteroatoms. The molecule has 0 amide bonds. The van der Waals surface area contributed by atoms with Crippen molar-refractivity contribution in [3.63, 3.8) is 0 Å². The Morgan fingerprint density at radius 2 is 1.86 bits per heavy atom. The second kappa shape index (κ2) is 9.55. The van der Waals surface area contributed by atoms with Crippen LogP contribution in [0.15, 0.2) is 11.6 Å². The highest BCUT2D eigenvalue weighted by atomic mass is 32.2. The van der Waals surface area contributed by atoms with Crippen molar-refractivity contribution in [1.82, 2.24) is 5.32 Å². The summed E-state index contributed by atoms with van der Waals surface area (Å²) in [5.74, 6) is 0.271. The number of carbonyl (C=O) groups is 1. The molecule has 1 atom stereocenters. The molecule has 1 unspecified atom stereocenters. The number of carbonyl (C=O) groups excluding carboxylic acids is 1. The van der Waals surface area contributed by atoms with E-state index in [-0.39, 0.29) is 10.5 Å². The predicted molar refractivity (Wildman–Crippen MR) is 94.6 cm³/mol. The molecular weight excluding hydrogens is 278 g/mol. The lowest BCUT2D eigenvalue weighted by Crippen LogP contribution is -2.33. The summed E-state index contributed by atoms with van der Waals surface area (Å²) in [4.78, 5) is 12.1. The Balaban J connectivity index is 2.48. The molecule has 1 saturated carbocycles. The van der Waals surface area contributed by atoms with Crippen LogP contribution in [-0.2, 0) is 4.79 Å². The highest BCUT2D eigenvalue weighted by Gasteiger charge is 2.31. The van der Waals surface area contributed by atoms with E-state index in [0.717, 1.165) is 17.9 Å². The molecule has 1 fully saturated rings. The maximum atomic E-state index is 12.1. The van der Waals surface area contributed by atoms with Crippen LogP contribution in [-0.4, -0.2) is 16.6 Å². The van der Waals surface area contributed by atoms with Gasteiger partial charge in [-0.05, 0) is 33.1 Å². The molecule has 21 heavy (non-hydrogen) atoms. The van der Waals surface area contributed by atoms with E-state index in [0.29, 0.717) is 6.04 Å².